The topological polar surface area (TPSA) is 42.9 Å². The van der Waals surface area contributed by atoms with Crippen LogP contribution in [0.3, 0.4) is 0 Å². The van der Waals surface area contributed by atoms with Gasteiger partial charge in [-0.1, -0.05) is 37.3 Å². The Balaban J connectivity index is 1.52. The molecule has 1 unspecified atom stereocenters. The molecule has 0 radical (unpaired) electrons. The standard InChI is InChI=1S/C22H37N5/c1-3-13-26-16-11-20(12-17-26)25-22(23-2)24-18-21(27-14-7-8-15-27)19-9-5-4-6-10-19/h4-6,9-10,20-21H,3,7-8,11-18H2,1-2H3,(H2,23,24,25). The van der Waals surface area contributed by atoms with Crippen molar-refractivity contribution in [2.24, 2.45) is 4.99 Å². The third-order valence-corrected chi connectivity index (χ3v) is 5.92. The van der Waals surface area contributed by atoms with Gasteiger partial charge in [-0.25, -0.2) is 0 Å². The summed E-state index contributed by atoms with van der Waals surface area (Å²) in [5.41, 5.74) is 1.40. The average molecular weight is 372 g/mol. The molecule has 2 N–H and O–H groups in total. The molecule has 150 valence electrons. The van der Waals surface area contributed by atoms with E-state index >= 15 is 0 Å². The number of guanidine groups is 1. The highest BCUT2D eigenvalue weighted by Gasteiger charge is 2.24. The first kappa shape index (κ1) is 20.2. The summed E-state index contributed by atoms with van der Waals surface area (Å²) in [6.45, 7) is 9.18. The number of nitrogens with one attached hydrogen (secondary N) is 2. The van der Waals surface area contributed by atoms with Gasteiger partial charge in [-0.3, -0.25) is 9.89 Å². The van der Waals surface area contributed by atoms with Crippen LogP contribution in [-0.4, -0.2) is 68.1 Å². The number of likely N-dealkylation sites (tertiary alicyclic amines) is 2. The largest absolute Gasteiger partial charge is 0.354 e. The van der Waals surface area contributed by atoms with E-state index in [1.165, 1.54) is 70.4 Å². The SMILES string of the molecule is CCCN1CCC(NC(=NC)NCC(c2ccccc2)N2CCCC2)CC1. The summed E-state index contributed by atoms with van der Waals surface area (Å²) < 4.78 is 0. The molecule has 0 aromatic heterocycles. The van der Waals surface area contributed by atoms with E-state index in [-0.39, 0.29) is 0 Å². The highest BCUT2D eigenvalue weighted by molar-refractivity contribution is 5.80. The molecule has 1 atom stereocenters. The van der Waals surface area contributed by atoms with Crippen molar-refractivity contribution < 1.29 is 0 Å². The molecule has 0 saturated carbocycles. The smallest absolute Gasteiger partial charge is 0.191 e. The number of hydrogen-bond donors (Lipinski definition) is 2. The van der Waals surface area contributed by atoms with Crippen molar-refractivity contribution in [3.63, 3.8) is 0 Å². The molecule has 2 aliphatic rings. The fraction of sp³-hybridized carbons (Fsp3) is 0.682. The number of rotatable bonds is 7. The van der Waals surface area contributed by atoms with Crippen molar-refractivity contribution in [2.45, 2.75) is 51.1 Å². The van der Waals surface area contributed by atoms with E-state index in [1.807, 2.05) is 7.05 Å². The van der Waals surface area contributed by atoms with Gasteiger partial charge in [0, 0.05) is 32.7 Å². The molecule has 3 rings (SSSR count). The third-order valence-electron chi connectivity index (χ3n) is 5.92. The number of piperidine rings is 1. The van der Waals surface area contributed by atoms with E-state index in [9.17, 15) is 0 Å². The van der Waals surface area contributed by atoms with E-state index in [4.69, 9.17) is 0 Å². The van der Waals surface area contributed by atoms with Crippen LogP contribution in [0.2, 0.25) is 0 Å². The third kappa shape index (κ3) is 5.94. The van der Waals surface area contributed by atoms with E-state index < -0.39 is 0 Å². The lowest BCUT2D eigenvalue weighted by atomic mass is 10.0. The molecule has 0 aliphatic carbocycles. The Hall–Kier alpha value is -1.59. The second-order valence-corrected chi connectivity index (χ2v) is 7.88. The molecule has 0 bridgehead atoms. The lowest BCUT2D eigenvalue weighted by Crippen LogP contribution is -2.50. The molecule has 27 heavy (non-hydrogen) atoms. The first-order valence-corrected chi connectivity index (χ1v) is 10.8. The van der Waals surface area contributed by atoms with Gasteiger partial charge in [-0.15, -0.1) is 0 Å². The predicted octanol–water partition coefficient (Wildman–Crippen LogP) is 2.86. The Morgan fingerprint density at radius 1 is 1.11 bits per heavy atom. The van der Waals surface area contributed by atoms with Gasteiger partial charge in [0.2, 0.25) is 0 Å². The van der Waals surface area contributed by atoms with Crippen LogP contribution in [0.5, 0.6) is 0 Å². The first-order valence-electron chi connectivity index (χ1n) is 10.8. The second-order valence-electron chi connectivity index (χ2n) is 7.88. The van der Waals surface area contributed by atoms with Crippen LogP contribution in [0.4, 0.5) is 0 Å². The van der Waals surface area contributed by atoms with Crippen molar-refractivity contribution in [3.8, 4) is 0 Å². The van der Waals surface area contributed by atoms with Gasteiger partial charge >= 0.3 is 0 Å². The van der Waals surface area contributed by atoms with Crippen LogP contribution in [-0.2, 0) is 0 Å². The molecule has 2 fully saturated rings. The average Bonchev–Trinajstić information content (AvgIpc) is 3.24. The number of nitrogens with zero attached hydrogens (tertiary/aromatic N) is 3. The predicted molar refractivity (Wildman–Crippen MR) is 114 cm³/mol. The summed E-state index contributed by atoms with van der Waals surface area (Å²) in [6, 6.07) is 11.9. The van der Waals surface area contributed by atoms with Gasteiger partial charge in [-0.2, -0.15) is 0 Å². The Bertz CT molecular complexity index is 559. The number of benzene rings is 1. The molecule has 0 amide bonds. The lowest BCUT2D eigenvalue weighted by Gasteiger charge is -2.33. The van der Waals surface area contributed by atoms with E-state index in [1.54, 1.807) is 0 Å². The zero-order valence-electron chi connectivity index (χ0n) is 17.2. The minimum absolute atomic E-state index is 0.415. The quantitative estimate of drug-likeness (QED) is 0.571. The van der Waals surface area contributed by atoms with E-state index in [0.29, 0.717) is 12.1 Å². The molecule has 1 aromatic carbocycles. The number of aliphatic imine (C=N–C) groups is 1. The minimum atomic E-state index is 0.415. The highest BCUT2D eigenvalue weighted by Crippen LogP contribution is 2.24. The summed E-state index contributed by atoms with van der Waals surface area (Å²) >= 11 is 0. The van der Waals surface area contributed by atoms with Crippen LogP contribution >= 0.6 is 0 Å². The molecule has 2 heterocycles. The monoisotopic (exact) mass is 371 g/mol. The highest BCUT2D eigenvalue weighted by atomic mass is 15.2. The zero-order chi connectivity index (χ0) is 18.9. The second kappa shape index (κ2) is 10.7. The molecule has 2 saturated heterocycles. The maximum atomic E-state index is 4.49. The maximum absolute atomic E-state index is 4.49. The van der Waals surface area contributed by atoms with Crippen molar-refractivity contribution in [1.29, 1.82) is 0 Å². The molecular formula is C22H37N5. The van der Waals surface area contributed by atoms with Gasteiger partial charge in [0.1, 0.15) is 0 Å². The summed E-state index contributed by atoms with van der Waals surface area (Å²) in [5, 5.41) is 7.27. The Labute approximate surface area is 165 Å². The van der Waals surface area contributed by atoms with E-state index in [2.05, 4.69) is 62.7 Å². The van der Waals surface area contributed by atoms with Crippen molar-refractivity contribution in [3.05, 3.63) is 35.9 Å². The molecule has 1 aromatic rings. The van der Waals surface area contributed by atoms with Gasteiger partial charge in [0.25, 0.3) is 0 Å². The zero-order valence-corrected chi connectivity index (χ0v) is 17.2. The molecular weight excluding hydrogens is 334 g/mol. The van der Waals surface area contributed by atoms with Crippen LogP contribution in [0.25, 0.3) is 0 Å². The number of hydrogen-bond acceptors (Lipinski definition) is 3. The van der Waals surface area contributed by atoms with Gasteiger partial charge in [-0.05, 0) is 57.3 Å². The van der Waals surface area contributed by atoms with Crippen LogP contribution in [0.1, 0.15) is 50.6 Å². The lowest BCUT2D eigenvalue weighted by molar-refractivity contribution is 0.206. The summed E-state index contributed by atoms with van der Waals surface area (Å²) in [6.07, 6.45) is 6.28. The van der Waals surface area contributed by atoms with Crippen molar-refractivity contribution in [2.75, 3.05) is 46.3 Å². The van der Waals surface area contributed by atoms with Crippen LogP contribution in [0, 0.1) is 0 Å². The van der Waals surface area contributed by atoms with Crippen molar-refractivity contribution >= 4 is 5.96 Å². The molecule has 5 nitrogen and oxygen atoms in total. The van der Waals surface area contributed by atoms with Crippen molar-refractivity contribution in [1.82, 2.24) is 20.4 Å². The van der Waals surface area contributed by atoms with E-state index in [0.717, 1.165) is 12.5 Å². The normalized spacial score (nSPS) is 21.3. The Morgan fingerprint density at radius 3 is 2.44 bits per heavy atom. The Morgan fingerprint density at radius 2 is 1.81 bits per heavy atom. The van der Waals surface area contributed by atoms with Gasteiger partial charge in [0.05, 0.1) is 6.04 Å². The summed E-state index contributed by atoms with van der Waals surface area (Å²) in [7, 11) is 1.88. The molecule has 2 aliphatic heterocycles. The fourth-order valence-corrected chi connectivity index (χ4v) is 4.38. The van der Waals surface area contributed by atoms with Crippen LogP contribution < -0.4 is 10.6 Å². The minimum Gasteiger partial charge on any atom is -0.354 e. The fourth-order valence-electron chi connectivity index (χ4n) is 4.38. The first-order chi connectivity index (χ1) is 13.3. The molecule has 0 spiro atoms. The van der Waals surface area contributed by atoms with Crippen LogP contribution in [0.15, 0.2) is 35.3 Å². The molecule has 5 heteroatoms. The summed E-state index contributed by atoms with van der Waals surface area (Å²) in [4.78, 5) is 9.68. The van der Waals surface area contributed by atoms with Gasteiger partial charge in [0.15, 0.2) is 5.96 Å². The summed E-state index contributed by atoms with van der Waals surface area (Å²) in [5.74, 6) is 0.948. The van der Waals surface area contributed by atoms with Gasteiger partial charge < -0.3 is 15.5 Å². The Kier molecular flexibility index (Phi) is 7.96. The maximum Gasteiger partial charge on any atom is 0.191 e.